The smallest absolute Gasteiger partial charge is 0.430 e. The molecular weight excluding hydrogens is 673 g/mol. The predicted molar refractivity (Wildman–Crippen MR) is 158 cm³/mol. The zero-order valence-corrected chi connectivity index (χ0v) is 26.0. The summed E-state index contributed by atoms with van der Waals surface area (Å²) in [7, 11) is -3.17. The average Bonchev–Trinajstić information content (AvgIpc) is 3.38. The van der Waals surface area contributed by atoms with E-state index in [2.05, 4.69) is 0 Å². The van der Waals surface area contributed by atoms with E-state index in [0.717, 1.165) is 34.6 Å². The normalized spacial score (nSPS) is 19.0. The standard InChI is InChI=1S/C32H29F7N2O6S/c1-47-26-4-2-3-23(17-26)40-18-19(14-29(40)43)13-25(42)16-24-9-5-20-15-21(30(44,31(34,35)36)32(37,38)39)6-12-28(20)41(24)48(45,46)27-10-7-22(33)8-11-27/h2-4,6-8,10-12,15,17,19,24,44H,5,9,13-14,16,18H2,1H3/t19?,24-/m0/s1. The molecule has 0 bridgehead atoms. The Morgan fingerprint density at radius 3 is 2.25 bits per heavy atom. The van der Waals surface area contributed by atoms with Gasteiger partial charge in [-0.05, 0) is 66.8 Å². The molecule has 2 atom stereocenters. The Kier molecular flexibility index (Phi) is 9.29. The number of Topliss-reactive ketones (excluding diaryl/α,β-unsaturated/α-hetero) is 1. The van der Waals surface area contributed by atoms with Gasteiger partial charge in [0.25, 0.3) is 15.6 Å². The number of rotatable bonds is 9. The molecule has 0 spiro atoms. The lowest BCUT2D eigenvalue weighted by molar-refractivity contribution is -0.376. The number of halogens is 7. The van der Waals surface area contributed by atoms with Gasteiger partial charge in [0.15, 0.2) is 0 Å². The van der Waals surface area contributed by atoms with Gasteiger partial charge < -0.3 is 14.7 Å². The minimum atomic E-state index is -6.16. The van der Waals surface area contributed by atoms with Gasteiger partial charge in [-0.15, -0.1) is 0 Å². The van der Waals surface area contributed by atoms with Crippen LogP contribution in [-0.2, 0) is 31.6 Å². The number of benzene rings is 3. The van der Waals surface area contributed by atoms with Gasteiger partial charge in [0, 0.05) is 43.1 Å². The number of fused-ring (bicyclic) bond motifs is 1. The van der Waals surface area contributed by atoms with E-state index in [1.165, 1.54) is 12.0 Å². The summed E-state index contributed by atoms with van der Waals surface area (Å²) in [4.78, 5) is 27.2. The van der Waals surface area contributed by atoms with Crippen molar-refractivity contribution in [3.63, 3.8) is 0 Å². The van der Waals surface area contributed by atoms with Crippen LogP contribution in [-0.4, -0.2) is 57.3 Å². The van der Waals surface area contributed by atoms with Crippen LogP contribution < -0.4 is 13.9 Å². The zero-order valence-electron chi connectivity index (χ0n) is 25.2. The van der Waals surface area contributed by atoms with Crippen LogP contribution in [0.25, 0.3) is 0 Å². The third-order valence-electron chi connectivity index (χ3n) is 8.55. The third-order valence-corrected chi connectivity index (χ3v) is 10.4. The number of amides is 1. The molecule has 2 aliphatic heterocycles. The topological polar surface area (TPSA) is 104 Å². The number of ketones is 1. The maximum absolute atomic E-state index is 13.9. The van der Waals surface area contributed by atoms with E-state index in [-0.39, 0.29) is 55.8 Å². The Hall–Kier alpha value is -4.18. The first-order valence-electron chi connectivity index (χ1n) is 14.6. The molecule has 258 valence electrons. The number of hydrogen-bond acceptors (Lipinski definition) is 6. The average molecular weight is 703 g/mol. The Bertz CT molecular complexity index is 1800. The Labute approximate surface area is 270 Å². The molecule has 48 heavy (non-hydrogen) atoms. The van der Waals surface area contributed by atoms with Crippen LogP contribution in [0.4, 0.5) is 42.1 Å². The molecule has 8 nitrogen and oxygen atoms in total. The Balaban J connectivity index is 1.45. The lowest BCUT2D eigenvalue weighted by Crippen LogP contribution is -2.54. The van der Waals surface area contributed by atoms with Crippen molar-refractivity contribution >= 4 is 33.1 Å². The first-order chi connectivity index (χ1) is 22.4. The minimum Gasteiger partial charge on any atom is -0.497 e. The van der Waals surface area contributed by atoms with Gasteiger partial charge in [-0.1, -0.05) is 18.2 Å². The SMILES string of the molecule is COc1cccc(N2CC(CC(=O)C[C@@H]3CCc4cc(C(O)(C(F)(F)F)C(F)(F)F)ccc4N3S(=O)(=O)c3ccc(F)cc3)CC2=O)c1. The van der Waals surface area contributed by atoms with Crippen molar-refractivity contribution in [2.45, 2.75) is 61.0 Å². The van der Waals surface area contributed by atoms with Crippen molar-refractivity contribution in [2.75, 3.05) is 22.9 Å². The number of methoxy groups -OCH3 is 1. The van der Waals surface area contributed by atoms with Crippen LogP contribution >= 0.6 is 0 Å². The van der Waals surface area contributed by atoms with Crippen molar-refractivity contribution in [1.29, 1.82) is 0 Å². The Morgan fingerprint density at radius 2 is 1.62 bits per heavy atom. The van der Waals surface area contributed by atoms with Gasteiger partial charge >= 0.3 is 12.4 Å². The highest BCUT2D eigenvalue weighted by Crippen LogP contribution is 2.51. The summed E-state index contributed by atoms with van der Waals surface area (Å²) in [6.45, 7) is 0.201. The van der Waals surface area contributed by atoms with Crippen molar-refractivity contribution in [3.05, 3.63) is 83.7 Å². The van der Waals surface area contributed by atoms with Gasteiger partial charge in [0.2, 0.25) is 5.91 Å². The summed E-state index contributed by atoms with van der Waals surface area (Å²) in [6.07, 6.45) is -13.2. The molecule has 1 saturated heterocycles. The monoisotopic (exact) mass is 702 g/mol. The van der Waals surface area contributed by atoms with Gasteiger partial charge in [0.1, 0.15) is 17.3 Å². The first kappa shape index (κ1) is 35.1. The number of carbonyl (C=O) groups is 2. The summed E-state index contributed by atoms with van der Waals surface area (Å²) in [5, 5.41) is 9.93. The number of sulfonamides is 1. The molecule has 3 aromatic rings. The molecule has 1 N–H and O–H groups in total. The quantitative estimate of drug-likeness (QED) is 0.272. The number of nitrogens with zero attached hydrogens (tertiary/aromatic N) is 2. The minimum absolute atomic E-state index is 0.0398. The molecule has 0 aromatic heterocycles. The molecule has 5 rings (SSSR count). The molecule has 16 heteroatoms. The van der Waals surface area contributed by atoms with Crippen LogP contribution in [0.3, 0.4) is 0 Å². The maximum Gasteiger partial charge on any atom is 0.430 e. The van der Waals surface area contributed by atoms with Gasteiger partial charge in [-0.3, -0.25) is 13.9 Å². The molecule has 2 heterocycles. The fraction of sp³-hybridized carbons (Fsp3) is 0.375. The van der Waals surface area contributed by atoms with E-state index in [1.54, 1.807) is 24.3 Å². The molecule has 0 aliphatic carbocycles. The first-order valence-corrected chi connectivity index (χ1v) is 16.1. The lowest BCUT2D eigenvalue weighted by atomic mass is 9.87. The molecule has 0 saturated carbocycles. The van der Waals surface area contributed by atoms with Crippen molar-refractivity contribution in [3.8, 4) is 5.75 Å². The Morgan fingerprint density at radius 1 is 0.958 bits per heavy atom. The van der Waals surface area contributed by atoms with E-state index >= 15 is 0 Å². The summed E-state index contributed by atoms with van der Waals surface area (Å²) < 4.78 is 129. The zero-order chi connectivity index (χ0) is 35.2. The van der Waals surface area contributed by atoms with Crippen LogP contribution in [0.2, 0.25) is 0 Å². The molecular formula is C32H29F7N2O6S. The second kappa shape index (κ2) is 12.7. The van der Waals surface area contributed by atoms with Crippen LogP contribution in [0.15, 0.2) is 71.6 Å². The van der Waals surface area contributed by atoms with Crippen molar-refractivity contribution < 1.29 is 58.6 Å². The summed E-state index contributed by atoms with van der Waals surface area (Å²) in [5.41, 5.74) is -6.76. The molecule has 1 unspecified atom stereocenters. The summed E-state index contributed by atoms with van der Waals surface area (Å²) in [5.74, 6) is -1.32. The van der Waals surface area contributed by atoms with Gasteiger partial charge in [-0.2, -0.15) is 26.3 Å². The van der Waals surface area contributed by atoms with Crippen molar-refractivity contribution in [2.24, 2.45) is 5.92 Å². The van der Waals surface area contributed by atoms with Crippen LogP contribution in [0, 0.1) is 11.7 Å². The molecule has 2 aliphatic rings. The molecule has 0 radical (unpaired) electrons. The van der Waals surface area contributed by atoms with E-state index in [0.29, 0.717) is 23.6 Å². The molecule has 1 fully saturated rings. The summed E-state index contributed by atoms with van der Waals surface area (Å²) >= 11 is 0. The number of anilines is 2. The predicted octanol–water partition coefficient (Wildman–Crippen LogP) is 6.06. The second-order valence-corrected chi connectivity index (χ2v) is 13.5. The van der Waals surface area contributed by atoms with Gasteiger partial charge in [-0.25, -0.2) is 12.8 Å². The number of ether oxygens (including phenoxy) is 1. The van der Waals surface area contributed by atoms with E-state index in [4.69, 9.17) is 4.74 Å². The van der Waals surface area contributed by atoms with E-state index < -0.39 is 62.0 Å². The van der Waals surface area contributed by atoms with E-state index in [9.17, 15) is 53.8 Å². The second-order valence-electron chi connectivity index (χ2n) is 11.7. The number of hydrogen-bond donors (Lipinski definition) is 1. The fourth-order valence-corrected chi connectivity index (χ4v) is 7.91. The number of alkyl halides is 6. The third kappa shape index (κ3) is 6.46. The maximum atomic E-state index is 13.9. The molecule has 1 amide bonds. The van der Waals surface area contributed by atoms with Gasteiger partial charge in [0.05, 0.1) is 23.7 Å². The number of aryl methyl sites for hydroxylation is 1. The number of aliphatic hydroxyl groups is 1. The van der Waals surface area contributed by atoms with E-state index in [1.807, 2.05) is 0 Å². The fourth-order valence-electron chi connectivity index (χ4n) is 6.20. The highest BCUT2D eigenvalue weighted by molar-refractivity contribution is 7.92. The summed E-state index contributed by atoms with van der Waals surface area (Å²) in [6, 6.07) is 10.8. The van der Waals surface area contributed by atoms with Crippen LogP contribution in [0.5, 0.6) is 5.75 Å². The lowest BCUT2D eigenvalue weighted by Gasteiger charge is -2.39. The van der Waals surface area contributed by atoms with Crippen LogP contribution in [0.1, 0.15) is 36.8 Å². The highest BCUT2D eigenvalue weighted by atomic mass is 32.2. The highest BCUT2D eigenvalue weighted by Gasteiger charge is 2.71. The number of carbonyl (C=O) groups excluding carboxylic acids is 2. The molecule has 3 aromatic carbocycles. The van der Waals surface area contributed by atoms with Crippen molar-refractivity contribution in [1.82, 2.24) is 0 Å². The largest absolute Gasteiger partial charge is 0.497 e.